The Kier molecular flexibility index (Phi) is 29.1. The molecule has 25 nitrogen and oxygen atoms in total. The van der Waals surface area contributed by atoms with Gasteiger partial charge in [0, 0.05) is 50.1 Å². The molecular formula is C80H96O25. The predicted octanol–water partition coefficient (Wildman–Crippen LogP) is 8.80. The van der Waals surface area contributed by atoms with Crippen LogP contribution in [0.3, 0.4) is 0 Å². The SMILES string of the molecule is COc1cc(C2c3cc(O)c(OC)cc3C[C@@H](CO)[C@@H]2CO)ccc1O.COc1cc(CC2C(=O)OC[C@@H]2Cc2ccc(O)c(OC)c2)ccc1O.COc1cc(C[C@@H](CO)[C@H](CO)Cc2ccc(O)c(OC)c2)ccc1O.COc1cc(C[C@H]2C(O)OCC2C(O)c2ccc(O)c(OC)c2)ccc1O. The van der Waals surface area contributed by atoms with Gasteiger partial charge in [0.25, 0.3) is 0 Å². The van der Waals surface area contributed by atoms with Crippen molar-refractivity contribution >= 4 is 5.97 Å². The quantitative estimate of drug-likeness (QED) is 0.0225. The fourth-order valence-corrected chi connectivity index (χ4v) is 13.8. The normalized spacial score (nSPS) is 19.4. The maximum atomic E-state index is 12.2. The monoisotopic (exact) mass is 1460 g/mol. The number of aliphatic hydroxyl groups excluding tert-OH is 6. The van der Waals surface area contributed by atoms with Crippen molar-refractivity contribution in [3.63, 3.8) is 0 Å². The number of phenolic OH excluding ortho intramolecular Hbond substituents is 8. The molecule has 14 N–H and O–H groups in total. The molecule has 2 fully saturated rings. The summed E-state index contributed by atoms with van der Waals surface area (Å²) in [5.41, 5.74) is 7.76. The molecule has 2 aliphatic heterocycles. The number of methoxy groups -OCH3 is 8. The average molecular weight is 1460 g/mol. The van der Waals surface area contributed by atoms with Crippen LogP contribution < -0.4 is 37.9 Å². The molecular weight excluding hydrogens is 1360 g/mol. The minimum absolute atomic E-state index is 0.0103. The Labute approximate surface area is 609 Å². The zero-order chi connectivity index (χ0) is 76.2. The molecule has 0 spiro atoms. The Balaban J connectivity index is 0.000000177. The minimum atomic E-state index is -1.01. The standard InChI is InChI=1S/C20H24O7.C20H22O6.C20H24O6.C20H26O6/c1-25-17-8-11(3-5-15(17)21)7-13-14(10-27-20(13)24)19(23)12-4-6-16(22)18(9-12)26-2;1-24-18-9-12(3-5-16(18)21)7-14-11-26-20(23)15(14)8-13-4-6-17(22)19(10-13)25-2;1-25-18-6-11(3-4-16(18)23)20-14-8-17(24)19(26-2)7-12(14)5-13(9-21)15(20)10-22;1-25-19-9-13(3-5-17(19)23)7-15(11-21)16(12-22)8-14-4-6-18(24)20(10-14)26-2/h3-6,8-9,13-14,19-24H,7,10H2,1-2H3;3-6,9-10,14-15,21-22H,7-8,11H2,1-2H3;3-4,6-8,13,15,20-24H,5,9-10H2,1-2H3;3-6,9-10,15-16,21-24H,7-8,11-12H2,1-2H3/t13-,14?,19?,20?;14-,15?;13-,15-,20?;15-,16-/m1000/s1. The van der Waals surface area contributed by atoms with Crippen LogP contribution >= 0.6 is 0 Å². The summed E-state index contributed by atoms with van der Waals surface area (Å²) in [4.78, 5) is 12.2. The second kappa shape index (κ2) is 38.0. The van der Waals surface area contributed by atoms with Crippen LogP contribution in [-0.2, 0) is 52.8 Å². The van der Waals surface area contributed by atoms with E-state index in [9.17, 15) is 76.3 Å². The summed E-state index contributed by atoms with van der Waals surface area (Å²) >= 11 is 0. The second-order valence-electron chi connectivity index (χ2n) is 26.0. The summed E-state index contributed by atoms with van der Waals surface area (Å²) in [6, 6.07) is 38.5. The van der Waals surface area contributed by atoms with Crippen molar-refractivity contribution in [1.29, 1.82) is 0 Å². The maximum Gasteiger partial charge on any atom is 0.309 e. The number of carbonyl (C=O) groups is 1. The molecule has 0 aromatic heterocycles. The number of phenols is 8. The summed E-state index contributed by atoms with van der Waals surface area (Å²) < 4.78 is 51.8. The van der Waals surface area contributed by atoms with Crippen LogP contribution in [0.2, 0.25) is 0 Å². The third-order valence-corrected chi connectivity index (χ3v) is 19.7. The molecule has 2 saturated heterocycles. The molecule has 0 saturated carbocycles. The highest BCUT2D eigenvalue weighted by atomic mass is 16.6. The number of aliphatic hydroxyl groups is 6. The van der Waals surface area contributed by atoms with Gasteiger partial charge in [-0.3, -0.25) is 4.79 Å². The molecule has 2 heterocycles. The number of carbonyl (C=O) groups excluding carboxylic acids is 1. The lowest BCUT2D eigenvalue weighted by atomic mass is 9.67. The minimum Gasteiger partial charge on any atom is -0.504 e. The molecule has 25 heteroatoms. The van der Waals surface area contributed by atoms with Gasteiger partial charge in [-0.05, 0) is 209 Å². The molecule has 0 radical (unpaired) electrons. The first-order chi connectivity index (χ1) is 50.5. The number of aromatic hydroxyl groups is 8. The van der Waals surface area contributed by atoms with Crippen molar-refractivity contribution < 1.29 is 124 Å². The van der Waals surface area contributed by atoms with Crippen LogP contribution in [0, 0.1) is 47.3 Å². The van der Waals surface area contributed by atoms with Gasteiger partial charge in [0.1, 0.15) is 0 Å². The van der Waals surface area contributed by atoms with Gasteiger partial charge in [0.15, 0.2) is 98.3 Å². The lowest BCUT2D eigenvalue weighted by molar-refractivity contribution is -0.141. The number of cyclic esters (lactones) is 1. The molecule has 11 rings (SSSR count). The van der Waals surface area contributed by atoms with Gasteiger partial charge in [-0.15, -0.1) is 0 Å². The Morgan fingerprint density at radius 2 is 0.819 bits per heavy atom. The van der Waals surface area contributed by atoms with Crippen LogP contribution in [0.4, 0.5) is 0 Å². The summed E-state index contributed by atoms with van der Waals surface area (Å²) in [6.07, 6.45) is 1.33. The van der Waals surface area contributed by atoms with E-state index < -0.39 is 12.4 Å². The fraction of sp³-hybridized carbons (Fsp3) is 0.388. The Bertz CT molecular complexity index is 4080. The molecule has 3 aliphatic rings. The molecule has 105 heavy (non-hydrogen) atoms. The number of rotatable bonds is 26. The number of esters is 1. The Morgan fingerprint density at radius 1 is 0.419 bits per heavy atom. The van der Waals surface area contributed by atoms with E-state index in [1.165, 1.54) is 69.0 Å². The summed E-state index contributed by atoms with van der Waals surface area (Å²) in [7, 11) is 11.8. The zero-order valence-electron chi connectivity index (χ0n) is 59.9. The largest absolute Gasteiger partial charge is 0.504 e. The van der Waals surface area contributed by atoms with E-state index in [-0.39, 0.29) is 144 Å². The highest BCUT2D eigenvalue weighted by Gasteiger charge is 2.42. The highest BCUT2D eigenvalue weighted by Crippen LogP contribution is 2.49. The summed E-state index contributed by atoms with van der Waals surface area (Å²) in [6.45, 7) is 0.242. The summed E-state index contributed by atoms with van der Waals surface area (Å²) in [5, 5.41) is 139. The lowest BCUT2D eigenvalue weighted by Crippen LogP contribution is -2.35. The van der Waals surface area contributed by atoms with Crippen molar-refractivity contribution in [3.05, 3.63) is 190 Å². The first-order valence-corrected chi connectivity index (χ1v) is 34.0. The molecule has 11 atom stereocenters. The average Bonchev–Trinajstić information content (AvgIpc) is 1.68. The van der Waals surface area contributed by atoms with E-state index in [1.54, 1.807) is 121 Å². The third-order valence-electron chi connectivity index (χ3n) is 19.7. The van der Waals surface area contributed by atoms with Gasteiger partial charge in [0.05, 0.1) is 82.1 Å². The van der Waals surface area contributed by atoms with Crippen molar-refractivity contribution in [2.45, 2.75) is 56.8 Å². The topological polar surface area (TPSA) is 393 Å². The summed E-state index contributed by atoms with van der Waals surface area (Å²) in [5.74, 6) is 1.12. The molecule has 1 aliphatic carbocycles. The van der Waals surface area contributed by atoms with E-state index in [4.69, 9.17) is 47.4 Å². The maximum absolute atomic E-state index is 12.2. The molecule has 0 bridgehead atoms. The molecule has 8 aromatic rings. The van der Waals surface area contributed by atoms with Gasteiger partial charge < -0.3 is 119 Å². The number of hydrogen-bond donors (Lipinski definition) is 14. The molecule has 5 unspecified atom stereocenters. The van der Waals surface area contributed by atoms with Crippen LogP contribution in [0.5, 0.6) is 92.0 Å². The van der Waals surface area contributed by atoms with E-state index >= 15 is 0 Å². The van der Waals surface area contributed by atoms with Gasteiger partial charge in [0.2, 0.25) is 0 Å². The third kappa shape index (κ3) is 20.0. The van der Waals surface area contributed by atoms with Gasteiger partial charge >= 0.3 is 5.97 Å². The van der Waals surface area contributed by atoms with Gasteiger partial charge in [-0.25, -0.2) is 0 Å². The predicted molar refractivity (Wildman–Crippen MR) is 385 cm³/mol. The van der Waals surface area contributed by atoms with Crippen LogP contribution in [0.15, 0.2) is 140 Å². The van der Waals surface area contributed by atoms with E-state index in [1.807, 2.05) is 6.07 Å². The first-order valence-electron chi connectivity index (χ1n) is 34.0. The van der Waals surface area contributed by atoms with Crippen molar-refractivity contribution in [1.82, 2.24) is 0 Å². The number of benzene rings is 8. The van der Waals surface area contributed by atoms with E-state index in [0.717, 1.165) is 44.5 Å². The van der Waals surface area contributed by atoms with Gasteiger partial charge in [-0.1, -0.05) is 42.5 Å². The molecule has 0 amide bonds. The number of hydrogen-bond acceptors (Lipinski definition) is 25. The number of ether oxygens (including phenoxy) is 10. The van der Waals surface area contributed by atoms with Crippen molar-refractivity contribution in [2.75, 3.05) is 96.5 Å². The molecule has 8 aromatic carbocycles. The Hall–Kier alpha value is -10.3. The zero-order valence-corrected chi connectivity index (χ0v) is 59.9. The van der Waals surface area contributed by atoms with Crippen LogP contribution in [-0.4, -0.2) is 180 Å². The Morgan fingerprint density at radius 3 is 1.27 bits per heavy atom. The fourth-order valence-electron chi connectivity index (χ4n) is 13.8. The highest BCUT2D eigenvalue weighted by molar-refractivity contribution is 5.75. The van der Waals surface area contributed by atoms with Crippen molar-refractivity contribution in [2.24, 2.45) is 47.3 Å². The first kappa shape index (κ1) is 80.4. The lowest BCUT2D eigenvalue weighted by Gasteiger charge is -2.38. The van der Waals surface area contributed by atoms with E-state index in [2.05, 4.69) is 0 Å². The second-order valence-corrected chi connectivity index (χ2v) is 26.0. The van der Waals surface area contributed by atoms with Crippen LogP contribution in [0.25, 0.3) is 0 Å². The van der Waals surface area contributed by atoms with Crippen LogP contribution in [0.1, 0.15) is 62.1 Å². The van der Waals surface area contributed by atoms with Gasteiger partial charge in [-0.2, -0.15) is 0 Å². The molecule has 566 valence electrons. The van der Waals surface area contributed by atoms with Crippen molar-refractivity contribution in [3.8, 4) is 92.0 Å². The smallest absolute Gasteiger partial charge is 0.309 e. The number of fused-ring (bicyclic) bond motifs is 1. The van der Waals surface area contributed by atoms with E-state index in [0.29, 0.717) is 90.9 Å².